The molecular formula is C29H35F2N7. The molecule has 4 aromatic rings. The van der Waals surface area contributed by atoms with Gasteiger partial charge in [0.1, 0.15) is 28.8 Å². The van der Waals surface area contributed by atoms with E-state index >= 15 is 0 Å². The van der Waals surface area contributed by atoms with Crippen LogP contribution in [0.15, 0.2) is 42.7 Å². The fraction of sp³-hybridized carbons (Fsp3) is 0.414. The van der Waals surface area contributed by atoms with Gasteiger partial charge in [-0.3, -0.25) is 0 Å². The molecule has 0 spiro atoms. The number of benzene rings is 1. The van der Waals surface area contributed by atoms with Crippen molar-refractivity contribution >= 4 is 28.4 Å². The van der Waals surface area contributed by atoms with Gasteiger partial charge in [0.05, 0.1) is 23.6 Å². The number of rotatable bonds is 8. The quantitative estimate of drug-likeness (QED) is 0.275. The van der Waals surface area contributed by atoms with E-state index in [1.54, 1.807) is 18.3 Å². The Bertz CT molecular complexity index is 1410. The summed E-state index contributed by atoms with van der Waals surface area (Å²) < 4.78 is 31.8. The first kappa shape index (κ1) is 26.0. The highest BCUT2D eigenvalue weighted by Gasteiger charge is 2.19. The molecule has 200 valence electrons. The fourth-order valence-corrected chi connectivity index (χ4v) is 5.28. The Balaban J connectivity index is 1.30. The van der Waals surface area contributed by atoms with Gasteiger partial charge in [-0.25, -0.2) is 23.7 Å². The minimum absolute atomic E-state index is 0.0896. The molecule has 0 atom stereocenters. The Labute approximate surface area is 222 Å². The minimum Gasteiger partial charge on any atom is -0.384 e. The molecule has 0 bridgehead atoms. The normalized spacial score (nSPS) is 14.9. The zero-order valence-corrected chi connectivity index (χ0v) is 22.4. The van der Waals surface area contributed by atoms with Gasteiger partial charge in [0.15, 0.2) is 5.82 Å². The molecule has 38 heavy (non-hydrogen) atoms. The fourth-order valence-electron chi connectivity index (χ4n) is 5.28. The molecule has 0 radical (unpaired) electrons. The maximum Gasteiger partial charge on any atom is 0.151 e. The lowest BCUT2D eigenvalue weighted by atomic mass is 9.97. The lowest BCUT2D eigenvalue weighted by Gasteiger charge is -2.31. The van der Waals surface area contributed by atoms with Crippen molar-refractivity contribution in [2.75, 3.05) is 36.8 Å². The van der Waals surface area contributed by atoms with Gasteiger partial charge in [0.2, 0.25) is 0 Å². The smallest absolute Gasteiger partial charge is 0.151 e. The first-order valence-corrected chi connectivity index (χ1v) is 13.4. The topological polar surface area (TPSA) is 70.9 Å². The first-order valence-electron chi connectivity index (χ1n) is 13.4. The summed E-state index contributed by atoms with van der Waals surface area (Å²) in [7, 11) is 0. The standard InChI is InChI=1S/C29H35F2N7/c1-5-37-10-8-20(9-11-37)15-32-22-6-7-27(33-16-22)36-28-14-23(25(31)17-34-28)21-12-24(30)29-26(13-21)38(18(2)3)19(4)35-29/h6-7,12-14,16-18,20,32H,5,8-11,15H2,1-4H3,(H,33,34,36). The Morgan fingerprint density at radius 3 is 2.45 bits per heavy atom. The van der Waals surface area contributed by atoms with Crippen LogP contribution in [-0.4, -0.2) is 50.6 Å². The number of halogens is 2. The summed E-state index contributed by atoms with van der Waals surface area (Å²) in [6, 6.07) is 8.61. The minimum atomic E-state index is -0.529. The average molecular weight is 520 g/mol. The van der Waals surface area contributed by atoms with Crippen molar-refractivity contribution in [1.29, 1.82) is 0 Å². The van der Waals surface area contributed by atoms with Crippen molar-refractivity contribution in [2.45, 2.75) is 46.6 Å². The van der Waals surface area contributed by atoms with E-state index in [0.717, 1.165) is 43.9 Å². The van der Waals surface area contributed by atoms with Gasteiger partial charge in [-0.2, -0.15) is 0 Å². The molecule has 1 aliphatic heterocycles. The molecule has 0 aliphatic carbocycles. The van der Waals surface area contributed by atoms with Crippen molar-refractivity contribution in [3.8, 4) is 11.1 Å². The van der Waals surface area contributed by atoms with Gasteiger partial charge in [-0.05, 0) is 95.1 Å². The number of hydrogen-bond acceptors (Lipinski definition) is 6. The number of likely N-dealkylation sites (tertiary alicyclic amines) is 1. The maximum atomic E-state index is 15.0. The molecule has 1 aliphatic rings. The second-order valence-electron chi connectivity index (χ2n) is 10.3. The summed E-state index contributed by atoms with van der Waals surface area (Å²) in [5.41, 5.74) is 2.57. The summed E-state index contributed by atoms with van der Waals surface area (Å²) in [5, 5.41) is 6.63. The van der Waals surface area contributed by atoms with Crippen molar-refractivity contribution in [3.63, 3.8) is 0 Å². The van der Waals surface area contributed by atoms with Crippen LogP contribution in [0.4, 0.5) is 26.1 Å². The van der Waals surface area contributed by atoms with Crippen molar-refractivity contribution in [2.24, 2.45) is 5.92 Å². The van der Waals surface area contributed by atoms with Gasteiger partial charge in [0.25, 0.3) is 0 Å². The van der Waals surface area contributed by atoms with Crippen LogP contribution in [0.2, 0.25) is 0 Å². The molecule has 4 heterocycles. The van der Waals surface area contributed by atoms with E-state index < -0.39 is 11.6 Å². The first-order chi connectivity index (χ1) is 18.3. The Morgan fingerprint density at radius 2 is 1.76 bits per heavy atom. The van der Waals surface area contributed by atoms with E-state index in [2.05, 4.69) is 37.4 Å². The molecule has 1 fully saturated rings. The van der Waals surface area contributed by atoms with Crippen LogP contribution in [-0.2, 0) is 0 Å². The van der Waals surface area contributed by atoms with E-state index in [4.69, 9.17) is 0 Å². The average Bonchev–Trinajstić information content (AvgIpc) is 3.26. The summed E-state index contributed by atoms with van der Waals surface area (Å²) >= 11 is 0. The van der Waals surface area contributed by atoms with E-state index in [0.29, 0.717) is 28.6 Å². The molecule has 0 saturated carbocycles. The van der Waals surface area contributed by atoms with Crippen LogP contribution in [0, 0.1) is 24.5 Å². The monoisotopic (exact) mass is 519 g/mol. The predicted octanol–water partition coefficient (Wildman–Crippen LogP) is 6.55. The third-order valence-electron chi connectivity index (χ3n) is 7.38. The molecule has 0 amide bonds. The third kappa shape index (κ3) is 5.48. The largest absolute Gasteiger partial charge is 0.384 e. The summed E-state index contributed by atoms with van der Waals surface area (Å²) in [6.45, 7) is 12.5. The van der Waals surface area contributed by atoms with Gasteiger partial charge in [-0.1, -0.05) is 6.92 Å². The van der Waals surface area contributed by atoms with Crippen LogP contribution in [0.25, 0.3) is 22.2 Å². The zero-order chi connectivity index (χ0) is 26.8. The van der Waals surface area contributed by atoms with Crippen LogP contribution in [0.3, 0.4) is 0 Å². The maximum absolute atomic E-state index is 15.0. The number of hydrogen-bond donors (Lipinski definition) is 2. The molecule has 3 aromatic heterocycles. The predicted molar refractivity (Wildman–Crippen MR) is 149 cm³/mol. The van der Waals surface area contributed by atoms with Crippen LogP contribution >= 0.6 is 0 Å². The SMILES string of the molecule is CCN1CCC(CNc2ccc(Nc3cc(-c4cc(F)c5nc(C)n(C(C)C)c5c4)c(F)cn3)nc2)CC1. The number of anilines is 3. The van der Waals surface area contributed by atoms with E-state index in [9.17, 15) is 8.78 Å². The lowest BCUT2D eigenvalue weighted by Crippen LogP contribution is -2.35. The number of fused-ring (bicyclic) bond motifs is 1. The Hall–Kier alpha value is -3.59. The number of aryl methyl sites for hydroxylation is 1. The summed E-state index contributed by atoms with van der Waals surface area (Å²) in [4.78, 5) is 15.5. The van der Waals surface area contributed by atoms with Gasteiger partial charge in [0, 0.05) is 18.2 Å². The highest BCUT2D eigenvalue weighted by molar-refractivity contribution is 5.84. The van der Waals surface area contributed by atoms with Crippen LogP contribution < -0.4 is 10.6 Å². The Morgan fingerprint density at radius 1 is 1.00 bits per heavy atom. The van der Waals surface area contributed by atoms with Crippen LogP contribution in [0.5, 0.6) is 0 Å². The zero-order valence-electron chi connectivity index (χ0n) is 22.4. The highest BCUT2D eigenvalue weighted by Crippen LogP contribution is 2.32. The van der Waals surface area contributed by atoms with Gasteiger partial charge >= 0.3 is 0 Å². The van der Waals surface area contributed by atoms with E-state index in [-0.39, 0.29) is 17.1 Å². The molecule has 2 N–H and O–H groups in total. The van der Waals surface area contributed by atoms with E-state index in [1.165, 1.54) is 18.9 Å². The number of aromatic nitrogens is 4. The third-order valence-corrected chi connectivity index (χ3v) is 7.38. The van der Waals surface area contributed by atoms with Crippen molar-refractivity contribution in [1.82, 2.24) is 24.4 Å². The molecule has 1 saturated heterocycles. The molecule has 1 aromatic carbocycles. The van der Waals surface area contributed by atoms with Crippen molar-refractivity contribution < 1.29 is 8.78 Å². The molecule has 9 heteroatoms. The van der Waals surface area contributed by atoms with Crippen molar-refractivity contribution in [3.05, 3.63) is 60.2 Å². The summed E-state index contributed by atoms with van der Waals surface area (Å²) in [6.07, 6.45) is 5.35. The highest BCUT2D eigenvalue weighted by atomic mass is 19.1. The number of pyridine rings is 2. The second-order valence-corrected chi connectivity index (χ2v) is 10.3. The molecular weight excluding hydrogens is 484 g/mol. The second kappa shape index (κ2) is 11.0. The molecule has 7 nitrogen and oxygen atoms in total. The number of nitrogens with one attached hydrogen (secondary N) is 2. The molecule has 5 rings (SSSR count). The van der Waals surface area contributed by atoms with Gasteiger partial charge in [-0.15, -0.1) is 0 Å². The van der Waals surface area contributed by atoms with Gasteiger partial charge < -0.3 is 20.1 Å². The van der Waals surface area contributed by atoms with Crippen LogP contribution in [0.1, 0.15) is 45.5 Å². The molecule has 0 unspecified atom stereocenters. The lowest BCUT2D eigenvalue weighted by molar-refractivity contribution is 0.198. The van der Waals surface area contributed by atoms with E-state index in [1.807, 2.05) is 37.5 Å². The number of nitrogens with zero attached hydrogens (tertiary/aromatic N) is 5. The number of imidazole rings is 1. The Kier molecular flexibility index (Phi) is 7.56. The number of piperidine rings is 1. The summed E-state index contributed by atoms with van der Waals surface area (Å²) in [5.74, 6) is 1.39.